The van der Waals surface area contributed by atoms with E-state index < -0.39 is 9.49 Å². The van der Waals surface area contributed by atoms with Crippen LogP contribution in [0, 0.1) is 0 Å². The first kappa shape index (κ1) is 13.4. The Morgan fingerprint density at radius 1 is 0.833 bits per heavy atom. The number of rotatable bonds is 0. The minimum atomic E-state index is -1.93. The third-order valence-corrected chi connectivity index (χ3v) is 0. The van der Waals surface area contributed by atoms with Gasteiger partial charge in [-0.2, -0.15) is 0 Å². The molecule has 0 heterocycles. The Hall–Kier alpha value is 4.77. The molecule has 0 nitrogen and oxygen atoms in total. The summed E-state index contributed by atoms with van der Waals surface area (Å²) in [7, 11) is -1.93. The largest absolute Gasteiger partial charge is 0 e. The van der Waals surface area contributed by atoms with Crippen LogP contribution < -0.4 is 0 Å². The standard InChI is InChI=1S/4BrH.Cs.Sn/h4*1H;;/q;;;;;+4/p-4. The predicted octanol–water partition coefficient (Wildman–Crippen LogP) is 2.62. The van der Waals surface area contributed by atoms with Gasteiger partial charge in [0.1, 0.15) is 0 Å². The van der Waals surface area contributed by atoms with Crippen LogP contribution in [-0.4, -0.2) is 78.4 Å². The average molecular weight is 571 g/mol. The Kier molecular flexibility index (Phi) is 14.4. The molecule has 1 radical (unpaired) electrons. The first-order valence-corrected chi connectivity index (χ1v) is 26.3. The van der Waals surface area contributed by atoms with Crippen molar-refractivity contribution in [1.29, 1.82) is 0 Å². The smallest absolute Gasteiger partial charge is 0 e. The van der Waals surface area contributed by atoms with Gasteiger partial charge < -0.3 is 0 Å². The molecule has 0 spiro atoms. The Labute approximate surface area is 124 Å². The van der Waals surface area contributed by atoms with Crippen LogP contribution in [0.2, 0.25) is 0 Å². The second kappa shape index (κ2) is 6.48. The molecule has 0 atom stereocenters. The van der Waals surface area contributed by atoms with Crippen LogP contribution in [0.15, 0.2) is 0 Å². The van der Waals surface area contributed by atoms with E-state index in [0.717, 1.165) is 0 Å². The van der Waals surface area contributed by atoms with Crippen LogP contribution in [0.4, 0.5) is 0 Å². The van der Waals surface area contributed by atoms with Gasteiger partial charge in [0.15, 0.2) is 0 Å². The molecule has 33 valence electrons. The quantitative estimate of drug-likeness (QED) is 0.393. The normalized spacial score (nSPS) is 10.0. The van der Waals surface area contributed by atoms with E-state index in [1.54, 1.807) is 0 Å². The molecule has 0 amide bonds. The number of halogens is 4. The topological polar surface area (TPSA) is 0 Å². The Bertz CT molecular complexity index is 23.0. The van der Waals surface area contributed by atoms with E-state index >= 15 is 0 Å². The summed E-state index contributed by atoms with van der Waals surface area (Å²) >= 11 is 13.3. The van der Waals surface area contributed by atoms with E-state index in [-0.39, 0.29) is 68.9 Å². The van der Waals surface area contributed by atoms with Gasteiger partial charge in [0.05, 0.1) is 0 Å². The molecule has 0 aliphatic carbocycles. The summed E-state index contributed by atoms with van der Waals surface area (Å²) in [6.07, 6.45) is 0. The summed E-state index contributed by atoms with van der Waals surface area (Å²) in [4.78, 5) is 0. The second-order valence-electron chi connectivity index (χ2n) is 0.429. The summed E-state index contributed by atoms with van der Waals surface area (Å²) in [6.45, 7) is 0. The zero-order valence-electron chi connectivity index (χ0n) is 3.01. The first-order valence-electron chi connectivity index (χ1n) is 0.756. The molecule has 0 aliphatic rings. The third-order valence-electron chi connectivity index (χ3n) is 0. The maximum atomic E-state index is 3.34. The Morgan fingerprint density at radius 2 is 0.833 bits per heavy atom. The summed E-state index contributed by atoms with van der Waals surface area (Å²) < 4.78 is 0. The van der Waals surface area contributed by atoms with Crippen molar-refractivity contribution in [2.24, 2.45) is 0 Å². The van der Waals surface area contributed by atoms with Gasteiger partial charge in [0.25, 0.3) is 0 Å². The van der Waals surface area contributed by atoms with Crippen LogP contribution >= 0.6 is 50.8 Å². The zero-order chi connectivity index (χ0) is 4.50. The van der Waals surface area contributed by atoms with Crippen molar-refractivity contribution in [3.63, 3.8) is 0 Å². The van der Waals surface area contributed by atoms with Gasteiger partial charge in [-0.3, -0.25) is 0 Å². The molecular formula is Br4CsSn. The van der Waals surface area contributed by atoms with E-state index in [9.17, 15) is 0 Å². The van der Waals surface area contributed by atoms with Crippen LogP contribution in [-0.2, 0) is 0 Å². The monoisotopic (exact) mass is 568 g/mol. The maximum Gasteiger partial charge on any atom is 0 e. The van der Waals surface area contributed by atoms with Gasteiger partial charge in [0, 0.05) is 68.9 Å². The van der Waals surface area contributed by atoms with Crippen molar-refractivity contribution in [3.8, 4) is 0 Å². The third kappa shape index (κ3) is 23.3. The fourth-order valence-corrected chi connectivity index (χ4v) is 0. The molecular weight excluding hydrogens is 571 g/mol. The molecule has 6 heavy (non-hydrogen) atoms. The van der Waals surface area contributed by atoms with E-state index in [0.29, 0.717) is 0 Å². The predicted molar refractivity (Wildman–Crippen MR) is 47.2 cm³/mol. The average Bonchev–Trinajstić information content (AvgIpc) is 0.722. The molecule has 0 rings (SSSR count). The van der Waals surface area contributed by atoms with Gasteiger partial charge in [0.2, 0.25) is 0 Å². The summed E-state index contributed by atoms with van der Waals surface area (Å²) in [6, 6.07) is 0. The van der Waals surface area contributed by atoms with E-state index in [2.05, 4.69) is 50.8 Å². The van der Waals surface area contributed by atoms with Gasteiger partial charge in [-0.25, -0.2) is 0 Å². The fourth-order valence-electron chi connectivity index (χ4n) is 0. The molecule has 0 aromatic rings. The minimum absolute atomic E-state index is 0. The van der Waals surface area contributed by atoms with Crippen molar-refractivity contribution in [1.82, 2.24) is 0 Å². The minimum Gasteiger partial charge on any atom is 0 e. The van der Waals surface area contributed by atoms with Crippen molar-refractivity contribution in [3.05, 3.63) is 0 Å². The Balaban J connectivity index is 0. The summed E-state index contributed by atoms with van der Waals surface area (Å²) in [5, 5.41) is 0. The SMILES string of the molecule is [Br][Sn]([Br])([Br])[Br].[Cs]. The number of hydrogen-bond acceptors (Lipinski definition) is 0. The zero-order valence-corrected chi connectivity index (χ0v) is 18.5. The van der Waals surface area contributed by atoms with Gasteiger partial charge in [-0.1, -0.05) is 0 Å². The van der Waals surface area contributed by atoms with Crippen LogP contribution in [0.3, 0.4) is 0 Å². The second-order valence-corrected chi connectivity index (χ2v) is 77.6. The molecule has 0 saturated carbocycles. The van der Waals surface area contributed by atoms with Crippen LogP contribution in [0.25, 0.3) is 0 Å². The van der Waals surface area contributed by atoms with Crippen molar-refractivity contribution >= 4 is 129 Å². The van der Waals surface area contributed by atoms with Crippen molar-refractivity contribution in [2.75, 3.05) is 0 Å². The van der Waals surface area contributed by atoms with Crippen LogP contribution in [0.1, 0.15) is 0 Å². The van der Waals surface area contributed by atoms with Gasteiger partial charge >= 0.3 is 60.3 Å². The Morgan fingerprint density at radius 3 is 0.833 bits per heavy atom. The van der Waals surface area contributed by atoms with Gasteiger partial charge in [-0.05, 0) is 0 Å². The van der Waals surface area contributed by atoms with Crippen LogP contribution in [0.5, 0.6) is 0 Å². The van der Waals surface area contributed by atoms with E-state index in [4.69, 9.17) is 0 Å². The number of hydrogen-bond donors (Lipinski definition) is 0. The fraction of sp³-hybridized carbons (Fsp3) is 0. The maximum absolute atomic E-state index is 3.34. The molecule has 0 N–H and O–H groups in total. The molecule has 0 aliphatic heterocycles. The van der Waals surface area contributed by atoms with Gasteiger partial charge in [-0.15, -0.1) is 0 Å². The van der Waals surface area contributed by atoms with E-state index in [1.165, 1.54) is 0 Å². The molecule has 6 heteroatoms. The molecule has 0 bridgehead atoms. The van der Waals surface area contributed by atoms with Crippen molar-refractivity contribution in [2.45, 2.75) is 0 Å². The molecule has 0 saturated heterocycles. The molecule has 0 aromatic heterocycles. The molecule has 0 fully saturated rings. The molecule has 0 aromatic carbocycles. The summed E-state index contributed by atoms with van der Waals surface area (Å²) in [5.74, 6) is 0. The summed E-state index contributed by atoms with van der Waals surface area (Å²) in [5.41, 5.74) is 0. The van der Waals surface area contributed by atoms with E-state index in [1.807, 2.05) is 0 Å². The first-order chi connectivity index (χ1) is 2.00. The van der Waals surface area contributed by atoms with Crippen molar-refractivity contribution < 1.29 is 0 Å². The molecule has 0 unspecified atom stereocenters.